The van der Waals surface area contributed by atoms with E-state index < -0.39 is 0 Å². The van der Waals surface area contributed by atoms with E-state index in [1.54, 1.807) is 6.08 Å². The predicted molar refractivity (Wildman–Crippen MR) is 93.0 cm³/mol. The van der Waals surface area contributed by atoms with Gasteiger partial charge in [-0.2, -0.15) is 0 Å². The number of carbonyl (C=O) groups excluding carboxylic acids is 1. The SMILES string of the molecule is Cc1ccccc1/C=C/C(=O)N[C@@H](C)c1cc2ccccc2o1. The van der Waals surface area contributed by atoms with E-state index in [1.165, 1.54) is 0 Å². The summed E-state index contributed by atoms with van der Waals surface area (Å²) in [6.45, 7) is 3.94. The lowest BCUT2D eigenvalue weighted by molar-refractivity contribution is -0.117. The Morgan fingerprint density at radius 2 is 1.87 bits per heavy atom. The van der Waals surface area contributed by atoms with Gasteiger partial charge >= 0.3 is 0 Å². The molecule has 0 radical (unpaired) electrons. The molecule has 3 nitrogen and oxygen atoms in total. The minimum absolute atomic E-state index is 0.138. The first-order chi connectivity index (χ1) is 11.1. The standard InChI is InChI=1S/C20H19NO2/c1-14-7-3-4-8-16(14)11-12-20(22)21-15(2)19-13-17-9-5-6-10-18(17)23-19/h3-13,15H,1-2H3,(H,21,22)/b12-11+/t15-/m0/s1. The number of fused-ring (bicyclic) bond motifs is 1. The van der Waals surface area contributed by atoms with Crippen LogP contribution in [0.15, 0.2) is 65.1 Å². The third-order valence-electron chi connectivity index (χ3n) is 3.83. The highest BCUT2D eigenvalue weighted by atomic mass is 16.3. The molecule has 0 saturated heterocycles. The normalized spacial score (nSPS) is 12.6. The minimum Gasteiger partial charge on any atom is -0.459 e. The van der Waals surface area contributed by atoms with E-state index in [0.717, 1.165) is 27.9 Å². The van der Waals surface area contributed by atoms with Gasteiger partial charge in [-0.25, -0.2) is 0 Å². The van der Waals surface area contributed by atoms with Gasteiger partial charge in [0.2, 0.25) is 5.91 Å². The average molecular weight is 305 g/mol. The largest absolute Gasteiger partial charge is 0.459 e. The molecule has 0 bridgehead atoms. The Bertz CT molecular complexity index is 828. The Labute approximate surface area is 135 Å². The molecule has 0 spiro atoms. The van der Waals surface area contributed by atoms with Crippen LogP contribution in [0, 0.1) is 6.92 Å². The summed E-state index contributed by atoms with van der Waals surface area (Å²) in [5.74, 6) is 0.616. The van der Waals surface area contributed by atoms with Gasteiger partial charge in [0.15, 0.2) is 0 Å². The summed E-state index contributed by atoms with van der Waals surface area (Å²) in [4.78, 5) is 12.1. The van der Waals surface area contributed by atoms with Gasteiger partial charge in [0, 0.05) is 11.5 Å². The van der Waals surface area contributed by atoms with Crippen LogP contribution < -0.4 is 5.32 Å². The molecule has 0 fully saturated rings. The van der Waals surface area contributed by atoms with Crippen LogP contribution in [0.1, 0.15) is 29.9 Å². The van der Waals surface area contributed by atoms with E-state index >= 15 is 0 Å². The van der Waals surface area contributed by atoms with Crippen molar-refractivity contribution in [3.8, 4) is 0 Å². The van der Waals surface area contributed by atoms with Gasteiger partial charge < -0.3 is 9.73 Å². The molecule has 3 rings (SSSR count). The van der Waals surface area contributed by atoms with Crippen molar-refractivity contribution in [3.63, 3.8) is 0 Å². The first-order valence-electron chi connectivity index (χ1n) is 7.66. The Hall–Kier alpha value is -2.81. The molecular weight excluding hydrogens is 286 g/mol. The molecule has 23 heavy (non-hydrogen) atoms. The zero-order valence-corrected chi connectivity index (χ0v) is 13.2. The maximum absolute atomic E-state index is 12.1. The van der Waals surface area contributed by atoms with Crippen LogP contribution in [0.3, 0.4) is 0 Å². The Balaban J connectivity index is 1.68. The molecule has 116 valence electrons. The Kier molecular flexibility index (Phi) is 4.29. The van der Waals surface area contributed by atoms with Crippen LogP contribution in [0.25, 0.3) is 17.0 Å². The molecule has 1 aromatic heterocycles. The number of aryl methyl sites for hydroxylation is 1. The summed E-state index contributed by atoms with van der Waals surface area (Å²) in [7, 11) is 0. The van der Waals surface area contributed by atoms with Gasteiger partial charge in [-0.05, 0) is 43.2 Å². The first kappa shape index (κ1) is 15.1. The highest BCUT2D eigenvalue weighted by Gasteiger charge is 2.12. The second kappa shape index (κ2) is 6.53. The number of para-hydroxylation sites is 1. The lowest BCUT2D eigenvalue weighted by Gasteiger charge is -2.09. The molecule has 1 heterocycles. The molecule has 0 aliphatic rings. The summed E-state index contributed by atoms with van der Waals surface area (Å²) >= 11 is 0. The topological polar surface area (TPSA) is 42.2 Å². The molecule has 1 amide bonds. The molecule has 3 aromatic rings. The van der Waals surface area contributed by atoms with Crippen molar-refractivity contribution in [2.45, 2.75) is 19.9 Å². The number of nitrogens with one attached hydrogen (secondary N) is 1. The summed E-state index contributed by atoms with van der Waals surface area (Å²) in [5.41, 5.74) is 3.01. The minimum atomic E-state index is -0.184. The fourth-order valence-corrected chi connectivity index (χ4v) is 2.49. The number of carbonyl (C=O) groups is 1. The van der Waals surface area contributed by atoms with Gasteiger partial charge in [-0.3, -0.25) is 4.79 Å². The summed E-state index contributed by atoms with van der Waals surface area (Å²) in [6, 6.07) is 17.6. The van der Waals surface area contributed by atoms with Crippen LogP contribution in [0.2, 0.25) is 0 Å². The van der Waals surface area contributed by atoms with Gasteiger partial charge in [0.1, 0.15) is 11.3 Å². The van der Waals surface area contributed by atoms with Crippen molar-refractivity contribution in [2.75, 3.05) is 0 Å². The summed E-state index contributed by atoms with van der Waals surface area (Å²) in [6.07, 6.45) is 3.39. The number of amides is 1. The van der Waals surface area contributed by atoms with Gasteiger partial charge in [0.25, 0.3) is 0 Å². The molecule has 1 N–H and O–H groups in total. The Morgan fingerprint density at radius 3 is 2.65 bits per heavy atom. The zero-order chi connectivity index (χ0) is 16.2. The van der Waals surface area contributed by atoms with E-state index in [4.69, 9.17) is 4.42 Å². The van der Waals surface area contributed by atoms with Crippen LogP contribution in [0.5, 0.6) is 0 Å². The highest BCUT2D eigenvalue weighted by molar-refractivity contribution is 5.92. The lowest BCUT2D eigenvalue weighted by atomic mass is 10.1. The van der Waals surface area contributed by atoms with Crippen molar-refractivity contribution < 1.29 is 9.21 Å². The predicted octanol–water partition coefficient (Wildman–Crippen LogP) is 4.63. The molecule has 1 atom stereocenters. The van der Waals surface area contributed by atoms with E-state index in [-0.39, 0.29) is 11.9 Å². The second-order valence-corrected chi connectivity index (χ2v) is 5.61. The Morgan fingerprint density at radius 1 is 1.13 bits per heavy atom. The van der Waals surface area contributed by atoms with Gasteiger partial charge in [-0.1, -0.05) is 42.5 Å². The van der Waals surface area contributed by atoms with Gasteiger partial charge in [0.05, 0.1) is 6.04 Å². The fourth-order valence-electron chi connectivity index (χ4n) is 2.49. The van der Waals surface area contributed by atoms with Crippen molar-refractivity contribution in [3.05, 3.63) is 77.6 Å². The summed E-state index contributed by atoms with van der Waals surface area (Å²) in [5, 5.41) is 3.97. The smallest absolute Gasteiger partial charge is 0.244 e. The van der Waals surface area contributed by atoms with E-state index in [2.05, 4.69) is 5.32 Å². The maximum Gasteiger partial charge on any atom is 0.244 e. The molecular formula is C20H19NO2. The monoisotopic (exact) mass is 305 g/mol. The van der Waals surface area contributed by atoms with Crippen molar-refractivity contribution in [1.82, 2.24) is 5.32 Å². The number of hydrogen-bond acceptors (Lipinski definition) is 2. The number of furan rings is 1. The molecule has 3 heteroatoms. The highest BCUT2D eigenvalue weighted by Crippen LogP contribution is 2.23. The van der Waals surface area contributed by atoms with Crippen LogP contribution in [-0.4, -0.2) is 5.91 Å². The third kappa shape index (κ3) is 3.51. The van der Waals surface area contributed by atoms with E-state index in [1.807, 2.05) is 74.5 Å². The first-order valence-corrected chi connectivity index (χ1v) is 7.66. The molecule has 0 saturated carbocycles. The molecule has 0 aliphatic carbocycles. The number of benzene rings is 2. The zero-order valence-electron chi connectivity index (χ0n) is 13.2. The lowest BCUT2D eigenvalue weighted by Crippen LogP contribution is -2.24. The van der Waals surface area contributed by atoms with Crippen LogP contribution in [-0.2, 0) is 4.79 Å². The quantitative estimate of drug-likeness (QED) is 0.714. The van der Waals surface area contributed by atoms with Crippen LogP contribution >= 0.6 is 0 Å². The fraction of sp³-hybridized carbons (Fsp3) is 0.150. The molecule has 2 aromatic carbocycles. The number of hydrogen-bond donors (Lipinski definition) is 1. The maximum atomic E-state index is 12.1. The van der Waals surface area contributed by atoms with Gasteiger partial charge in [-0.15, -0.1) is 0 Å². The second-order valence-electron chi connectivity index (χ2n) is 5.61. The van der Waals surface area contributed by atoms with E-state index in [0.29, 0.717) is 0 Å². The third-order valence-corrected chi connectivity index (χ3v) is 3.83. The van der Waals surface area contributed by atoms with Crippen molar-refractivity contribution >= 4 is 23.0 Å². The van der Waals surface area contributed by atoms with E-state index in [9.17, 15) is 4.79 Å². The molecule has 0 unspecified atom stereocenters. The average Bonchev–Trinajstić information content (AvgIpc) is 2.98. The van der Waals surface area contributed by atoms with Crippen molar-refractivity contribution in [2.24, 2.45) is 0 Å². The summed E-state index contributed by atoms with van der Waals surface area (Å²) < 4.78 is 5.77. The van der Waals surface area contributed by atoms with Crippen LogP contribution in [0.4, 0.5) is 0 Å². The van der Waals surface area contributed by atoms with Crippen molar-refractivity contribution in [1.29, 1.82) is 0 Å². The number of rotatable bonds is 4. The molecule has 0 aliphatic heterocycles.